The van der Waals surface area contributed by atoms with Gasteiger partial charge in [0.05, 0.1) is 18.6 Å². The molecule has 0 aliphatic carbocycles. The van der Waals surface area contributed by atoms with Crippen LogP contribution >= 0.6 is 0 Å². The summed E-state index contributed by atoms with van der Waals surface area (Å²) in [6.07, 6.45) is 3.18. The van der Waals surface area contributed by atoms with E-state index in [0.29, 0.717) is 19.4 Å². The summed E-state index contributed by atoms with van der Waals surface area (Å²) >= 11 is 0. The van der Waals surface area contributed by atoms with E-state index < -0.39 is 23.2 Å². The Bertz CT molecular complexity index is 1280. The minimum atomic E-state index is -0.582. The zero-order chi connectivity index (χ0) is 22.3. The molecule has 31 heavy (non-hydrogen) atoms. The first kappa shape index (κ1) is 20.7. The first-order valence-corrected chi connectivity index (χ1v) is 9.86. The number of fused-ring (bicyclic) bond motifs is 1. The summed E-state index contributed by atoms with van der Waals surface area (Å²) in [5.74, 6) is -0.934. The molecular weight excluding hydrogens is 409 g/mol. The van der Waals surface area contributed by atoms with Gasteiger partial charge in [-0.2, -0.15) is 9.37 Å². The summed E-state index contributed by atoms with van der Waals surface area (Å²) in [5.41, 5.74) is -0.331. The predicted molar refractivity (Wildman–Crippen MR) is 107 cm³/mol. The number of carbonyl (C=O) groups excluding carboxylic acids is 1. The third-order valence-electron chi connectivity index (χ3n) is 5.46. The molecule has 1 aliphatic rings. The summed E-state index contributed by atoms with van der Waals surface area (Å²) in [6.45, 7) is 2.38. The van der Waals surface area contributed by atoms with Crippen molar-refractivity contribution in [2.75, 3.05) is 13.1 Å². The Morgan fingerprint density at radius 3 is 2.74 bits per heavy atom. The van der Waals surface area contributed by atoms with E-state index in [-0.39, 0.29) is 41.7 Å². The number of hydrogen-bond acceptors (Lipinski definition) is 7. The van der Waals surface area contributed by atoms with Gasteiger partial charge in [-0.15, -0.1) is 0 Å². The van der Waals surface area contributed by atoms with Gasteiger partial charge < -0.3 is 14.2 Å². The van der Waals surface area contributed by atoms with Crippen LogP contribution in [0.5, 0.6) is 5.88 Å². The Morgan fingerprint density at radius 2 is 2.00 bits per heavy atom. The lowest BCUT2D eigenvalue weighted by Gasteiger charge is -2.18. The van der Waals surface area contributed by atoms with Gasteiger partial charge in [-0.25, -0.2) is 14.8 Å². The van der Waals surface area contributed by atoms with Crippen LogP contribution in [0, 0.1) is 5.82 Å². The molecule has 164 valence electrons. The molecule has 4 rings (SSSR count). The molecule has 0 spiro atoms. The van der Waals surface area contributed by atoms with Crippen LogP contribution in [0.15, 0.2) is 22.2 Å². The molecule has 1 saturated heterocycles. The Hall–Kier alpha value is -3.57. The molecule has 11 nitrogen and oxygen atoms in total. The van der Waals surface area contributed by atoms with Crippen LogP contribution in [-0.4, -0.2) is 58.7 Å². The number of likely N-dealkylation sites (tertiary alicyclic amines) is 1. The van der Waals surface area contributed by atoms with Crippen molar-refractivity contribution in [1.82, 2.24) is 33.6 Å². The number of nitrogens with zero attached hydrogens (tertiary/aromatic N) is 7. The first-order valence-electron chi connectivity index (χ1n) is 9.86. The van der Waals surface area contributed by atoms with Gasteiger partial charge in [0.2, 0.25) is 11.7 Å². The van der Waals surface area contributed by atoms with Gasteiger partial charge in [0.25, 0.3) is 11.4 Å². The van der Waals surface area contributed by atoms with Crippen LogP contribution in [-0.2, 0) is 31.9 Å². The molecule has 3 aromatic rings. The van der Waals surface area contributed by atoms with E-state index in [1.54, 1.807) is 11.8 Å². The second-order valence-electron chi connectivity index (χ2n) is 7.41. The maximum absolute atomic E-state index is 14.3. The highest BCUT2D eigenvalue weighted by molar-refractivity contribution is 5.79. The number of carbonyl (C=O) groups is 1. The van der Waals surface area contributed by atoms with Crippen molar-refractivity contribution in [1.29, 1.82) is 0 Å². The minimum absolute atomic E-state index is 0.113. The quantitative estimate of drug-likeness (QED) is 0.540. The molecular formula is C19H22FN7O4. The van der Waals surface area contributed by atoms with E-state index in [0.717, 1.165) is 4.57 Å². The highest BCUT2D eigenvalue weighted by Gasteiger charge is 2.29. The van der Waals surface area contributed by atoms with Crippen molar-refractivity contribution in [3.63, 3.8) is 0 Å². The van der Waals surface area contributed by atoms with Crippen LogP contribution in [0.3, 0.4) is 0 Å². The number of aryl methyl sites for hydroxylation is 2. The average molecular weight is 431 g/mol. The first-order chi connectivity index (χ1) is 14.8. The highest BCUT2D eigenvalue weighted by Crippen LogP contribution is 2.21. The number of imidazole rings is 1. The fraction of sp³-hybridized carbons (Fsp3) is 0.474. The van der Waals surface area contributed by atoms with E-state index in [2.05, 4.69) is 15.0 Å². The molecule has 1 fully saturated rings. The molecule has 3 aromatic heterocycles. The monoisotopic (exact) mass is 431 g/mol. The van der Waals surface area contributed by atoms with Crippen molar-refractivity contribution in [3.05, 3.63) is 45.0 Å². The van der Waals surface area contributed by atoms with E-state index in [9.17, 15) is 18.8 Å². The van der Waals surface area contributed by atoms with Crippen LogP contribution in [0.4, 0.5) is 4.39 Å². The summed E-state index contributed by atoms with van der Waals surface area (Å²) in [7, 11) is 2.89. The normalized spacial score (nSPS) is 16.3. The van der Waals surface area contributed by atoms with Gasteiger partial charge in [0.1, 0.15) is 19.0 Å². The lowest BCUT2D eigenvalue weighted by Crippen LogP contribution is -2.38. The number of aromatic nitrogens is 6. The number of amides is 1. The number of halogens is 1. The van der Waals surface area contributed by atoms with Crippen molar-refractivity contribution >= 4 is 17.1 Å². The highest BCUT2D eigenvalue weighted by atomic mass is 19.1. The second-order valence-corrected chi connectivity index (χ2v) is 7.41. The molecule has 12 heteroatoms. The molecule has 4 heterocycles. The molecule has 0 aromatic carbocycles. The third kappa shape index (κ3) is 3.57. The van der Waals surface area contributed by atoms with Gasteiger partial charge in [0.15, 0.2) is 11.2 Å². The van der Waals surface area contributed by atoms with Crippen LogP contribution < -0.4 is 16.0 Å². The summed E-state index contributed by atoms with van der Waals surface area (Å²) in [5, 5.41) is 0. The summed E-state index contributed by atoms with van der Waals surface area (Å²) < 4.78 is 23.7. The van der Waals surface area contributed by atoms with E-state index in [4.69, 9.17) is 4.74 Å². The van der Waals surface area contributed by atoms with Gasteiger partial charge in [-0.05, 0) is 6.42 Å². The third-order valence-corrected chi connectivity index (χ3v) is 5.46. The molecule has 0 radical (unpaired) electrons. The fourth-order valence-electron chi connectivity index (χ4n) is 3.69. The molecule has 1 unspecified atom stereocenters. The van der Waals surface area contributed by atoms with E-state index >= 15 is 0 Å². The van der Waals surface area contributed by atoms with Crippen LogP contribution in [0.25, 0.3) is 11.2 Å². The number of rotatable bonds is 5. The van der Waals surface area contributed by atoms with Gasteiger partial charge >= 0.3 is 5.69 Å². The van der Waals surface area contributed by atoms with Crippen molar-refractivity contribution in [2.24, 2.45) is 14.1 Å². The van der Waals surface area contributed by atoms with Gasteiger partial charge in [-0.3, -0.25) is 18.7 Å². The molecule has 0 bridgehead atoms. The minimum Gasteiger partial charge on any atom is -0.470 e. The zero-order valence-corrected chi connectivity index (χ0v) is 17.4. The van der Waals surface area contributed by atoms with E-state index in [1.807, 2.05) is 0 Å². The Balaban J connectivity index is 1.49. The fourth-order valence-corrected chi connectivity index (χ4v) is 3.69. The summed E-state index contributed by atoms with van der Waals surface area (Å²) in [4.78, 5) is 50.8. The zero-order valence-electron chi connectivity index (χ0n) is 17.4. The van der Waals surface area contributed by atoms with Crippen molar-refractivity contribution < 1.29 is 13.9 Å². The number of hydrogen-bond donors (Lipinski definition) is 0. The Morgan fingerprint density at radius 1 is 1.23 bits per heavy atom. The predicted octanol–water partition coefficient (Wildman–Crippen LogP) is -0.395. The van der Waals surface area contributed by atoms with Crippen molar-refractivity contribution in [2.45, 2.75) is 32.4 Å². The molecule has 1 atom stereocenters. The van der Waals surface area contributed by atoms with Crippen molar-refractivity contribution in [3.8, 4) is 5.88 Å². The summed E-state index contributed by atoms with van der Waals surface area (Å²) in [6, 6.07) is 0. The largest absolute Gasteiger partial charge is 0.470 e. The van der Waals surface area contributed by atoms with Crippen LogP contribution in [0.2, 0.25) is 0 Å². The SMILES string of the molecule is CCc1ncnc(OC2CCN(C(=O)Cn3cnc4c3c(=O)n(C)c(=O)n4C)C2)c1F. The van der Waals surface area contributed by atoms with Gasteiger partial charge in [0, 0.05) is 27.1 Å². The maximum Gasteiger partial charge on any atom is 0.332 e. The second kappa shape index (κ2) is 7.93. The van der Waals surface area contributed by atoms with E-state index in [1.165, 1.54) is 35.9 Å². The average Bonchev–Trinajstić information content (AvgIpc) is 3.39. The standard InChI is InChI=1S/C19H22FN7O4/c1-4-12-14(20)17(22-9-21-12)31-11-5-6-26(7-11)13(28)8-27-10-23-16-15(27)18(29)25(3)19(30)24(16)2/h9-11H,4-8H2,1-3H3. The molecule has 0 N–H and O–H groups in total. The lowest BCUT2D eigenvalue weighted by atomic mass is 10.3. The molecule has 1 amide bonds. The number of ether oxygens (including phenoxy) is 1. The molecule has 1 aliphatic heterocycles. The Kier molecular flexibility index (Phi) is 5.29. The smallest absolute Gasteiger partial charge is 0.332 e. The molecule has 0 saturated carbocycles. The Labute approximate surface area is 175 Å². The van der Waals surface area contributed by atoms with Gasteiger partial charge in [-0.1, -0.05) is 6.92 Å². The van der Waals surface area contributed by atoms with Crippen LogP contribution in [0.1, 0.15) is 19.0 Å². The maximum atomic E-state index is 14.3. The lowest BCUT2D eigenvalue weighted by molar-refractivity contribution is -0.131. The topological polar surface area (TPSA) is 117 Å².